The summed E-state index contributed by atoms with van der Waals surface area (Å²) in [7, 11) is -4.04. The lowest BCUT2D eigenvalue weighted by Gasteiger charge is -2.09. The number of rotatable bonds is 3. The standard InChI is InChI=1S/C17H12F3NO3S/c1-11-2-5-14(6-3-11)25(23,24)21-9-12(10-22)15-8-13(17(18,19)20)4-7-16(15)21/h2-10H,1H3. The Morgan fingerprint density at radius 2 is 1.68 bits per heavy atom. The second-order valence-electron chi connectivity index (χ2n) is 5.55. The van der Waals surface area contributed by atoms with Gasteiger partial charge in [0.15, 0.2) is 6.29 Å². The Kier molecular flexibility index (Phi) is 3.95. The number of aryl methyl sites for hydroxylation is 1. The summed E-state index contributed by atoms with van der Waals surface area (Å²) in [5, 5.41) is -0.0690. The zero-order valence-corrected chi connectivity index (χ0v) is 13.7. The van der Waals surface area contributed by atoms with Gasteiger partial charge in [-0.1, -0.05) is 17.7 Å². The lowest BCUT2D eigenvalue weighted by Crippen LogP contribution is -2.12. The van der Waals surface area contributed by atoms with Crippen LogP contribution in [0.4, 0.5) is 13.2 Å². The van der Waals surface area contributed by atoms with Gasteiger partial charge in [-0.2, -0.15) is 13.2 Å². The van der Waals surface area contributed by atoms with Crippen molar-refractivity contribution in [3.63, 3.8) is 0 Å². The van der Waals surface area contributed by atoms with Crippen LogP contribution in [0.3, 0.4) is 0 Å². The van der Waals surface area contributed by atoms with Gasteiger partial charge in [0, 0.05) is 17.1 Å². The average Bonchev–Trinajstić information content (AvgIpc) is 2.93. The van der Waals surface area contributed by atoms with E-state index in [1.165, 1.54) is 12.1 Å². The van der Waals surface area contributed by atoms with Crippen LogP contribution in [0.25, 0.3) is 10.9 Å². The molecule has 0 unspecified atom stereocenters. The Morgan fingerprint density at radius 1 is 1.04 bits per heavy atom. The Hall–Kier alpha value is -2.61. The topological polar surface area (TPSA) is 56.1 Å². The summed E-state index contributed by atoms with van der Waals surface area (Å²) in [5.74, 6) is 0. The number of hydrogen-bond donors (Lipinski definition) is 0. The van der Waals surface area contributed by atoms with E-state index in [1.807, 2.05) is 0 Å². The molecule has 4 nitrogen and oxygen atoms in total. The summed E-state index contributed by atoms with van der Waals surface area (Å²) in [5.41, 5.74) is -0.208. The van der Waals surface area contributed by atoms with Crippen LogP contribution in [0.15, 0.2) is 53.6 Å². The van der Waals surface area contributed by atoms with Gasteiger partial charge in [-0.15, -0.1) is 0 Å². The number of nitrogens with zero attached hydrogens (tertiary/aromatic N) is 1. The van der Waals surface area contributed by atoms with E-state index in [9.17, 15) is 26.4 Å². The maximum atomic E-state index is 12.9. The highest BCUT2D eigenvalue weighted by Gasteiger charge is 2.31. The lowest BCUT2D eigenvalue weighted by atomic mass is 10.1. The zero-order chi connectivity index (χ0) is 18.4. The third kappa shape index (κ3) is 2.93. The normalized spacial score (nSPS) is 12.5. The Bertz CT molecular complexity index is 1060. The first-order valence-corrected chi connectivity index (χ1v) is 8.58. The first-order chi connectivity index (χ1) is 11.6. The third-order valence-electron chi connectivity index (χ3n) is 3.83. The molecule has 1 aromatic heterocycles. The van der Waals surface area contributed by atoms with E-state index >= 15 is 0 Å². The van der Waals surface area contributed by atoms with Gasteiger partial charge in [-0.05, 0) is 37.3 Å². The fourth-order valence-corrected chi connectivity index (χ4v) is 3.90. The summed E-state index contributed by atoms with van der Waals surface area (Å²) in [4.78, 5) is 11.2. The van der Waals surface area contributed by atoms with Gasteiger partial charge in [-0.3, -0.25) is 4.79 Å². The lowest BCUT2D eigenvalue weighted by molar-refractivity contribution is -0.137. The van der Waals surface area contributed by atoms with Crippen LogP contribution in [-0.2, 0) is 16.2 Å². The second-order valence-corrected chi connectivity index (χ2v) is 7.36. The third-order valence-corrected chi connectivity index (χ3v) is 5.52. The fraction of sp³-hybridized carbons (Fsp3) is 0.118. The predicted molar refractivity (Wildman–Crippen MR) is 86.1 cm³/mol. The molecule has 0 aliphatic carbocycles. The van der Waals surface area contributed by atoms with Crippen molar-refractivity contribution in [2.24, 2.45) is 0 Å². The monoisotopic (exact) mass is 367 g/mol. The Morgan fingerprint density at radius 3 is 2.24 bits per heavy atom. The molecule has 0 saturated heterocycles. The molecule has 0 fully saturated rings. The van der Waals surface area contributed by atoms with Gasteiger partial charge < -0.3 is 0 Å². The van der Waals surface area contributed by atoms with Gasteiger partial charge >= 0.3 is 6.18 Å². The molecule has 0 spiro atoms. The minimum absolute atomic E-state index is 0.00988. The van der Waals surface area contributed by atoms with E-state index in [0.717, 1.165) is 33.9 Å². The molecular weight excluding hydrogens is 355 g/mol. The molecule has 130 valence electrons. The Labute approximate surface area is 141 Å². The zero-order valence-electron chi connectivity index (χ0n) is 12.9. The number of hydrogen-bond acceptors (Lipinski definition) is 3. The number of carbonyl (C=O) groups is 1. The molecule has 0 radical (unpaired) electrons. The minimum Gasteiger partial charge on any atom is -0.298 e. The van der Waals surface area contributed by atoms with Crippen LogP contribution in [0.5, 0.6) is 0 Å². The highest BCUT2D eigenvalue weighted by Crippen LogP contribution is 2.33. The maximum Gasteiger partial charge on any atom is 0.416 e. The molecule has 0 atom stereocenters. The second kappa shape index (κ2) is 5.73. The number of halogens is 3. The van der Waals surface area contributed by atoms with E-state index in [1.54, 1.807) is 19.1 Å². The van der Waals surface area contributed by atoms with Crippen LogP contribution in [-0.4, -0.2) is 18.7 Å². The molecule has 0 aliphatic rings. The summed E-state index contributed by atoms with van der Waals surface area (Å²) < 4.78 is 65.1. The summed E-state index contributed by atoms with van der Waals surface area (Å²) >= 11 is 0. The van der Waals surface area contributed by atoms with Gasteiger partial charge in [-0.25, -0.2) is 12.4 Å². The van der Waals surface area contributed by atoms with Crippen LogP contribution in [0.2, 0.25) is 0 Å². The molecular formula is C17H12F3NO3S. The number of aldehydes is 1. The first-order valence-electron chi connectivity index (χ1n) is 7.14. The van der Waals surface area contributed by atoms with Crippen molar-refractivity contribution < 1.29 is 26.4 Å². The van der Waals surface area contributed by atoms with E-state index in [0.29, 0.717) is 6.29 Å². The van der Waals surface area contributed by atoms with Gasteiger partial charge in [0.1, 0.15) is 0 Å². The SMILES string of the molecule is Cc1ccc(S(=O)(=O)n2cc(C=O)c3cc(C(F)(F)F)ccc32)cc1. The summed E-state index contributed by atoms with van der Waals surface area (Å²) in [6.07, 6.45) is -3.22. The molecule has 8 heteroatoms. The fourth-order valence-electron chi connectivity index (χ4n) is 2.52. The van der Waals surface area contributed by atoms with Crippen LogP contribution in [0, 0.1) is 6.92 Å². The number of alkyl halides is 3. The number of benzene rings is 2. The first kappa shape index (κ1) is 17.2. The van der Waals surface area contributed by atoms with Crippen molar-refractivity contribution in [2.45, 2.75) is 18.0 Å². The highest BCUT2D eigenvalue weighted by atomic mass is 32.2. The highest BCUT2D eigenvalue weighted by molar-refractivity contribution is 7.90. The molecule has 0 amide bonds. The largest absolute Gasteiger partial charge is 0.416 e. The van der Waals surface area contributed by atoms with Gasteiger partial charge in [0.2, 0.25) is 0 Å². The molecule has 2 aromatic carbocycles. The van der Waals surface area contributed by atoms with Crippen molar-refractivity contribution >= 4 is 27.2 Å². The number of carbonyl (C=O) groups excluding carboxylic acids is 1. The molecule has 1 heterocycles. The van der Waals surface area contributed by atoms with Crippen molar-refractivity contribution in [1.29, 1.82) is 0 Å². The average molecular weight is 367 g/mol. The van der Waals surface area contributed by atoms with Crippen molar-refractivity contribution in [2.75, 3.05) is 0 Å². The van der Waals surface area contributed by atoms with E-state index < -0.39 is 21.8 Å². The van der Waals surface area contributed by atoms with Crippen LogP contribution >= 0.6 is 0 Å². The van der Waals surface area contributed by atoms with Crippen molar-refractivity contribution in [1.82, 2.24) is 3.97 Å². The number of fused-ring (bicyclic) bond motifs is 1. The molecule has 0 bridgehead atoms. The van der Waals surface area contributed by atoms with Gasteiger partial charge in [0.25, 0.3) is 10.0 Å². The minimum atomic E-state index is -4.59. The summed E-state index contributed by atoms with van der Waals surface area (Å²) in [6.45, 7) is 1.80. The molecule has 0 saturated carbocycles. The maximum absolute atomic E-state index is 12.9. The van der Waals surface area contributed by atoms with Crippen molar-refractivity contribution in [3.05, 3.63) is 65.4 Å². The van der Waals surface area contributed by atoms with Gasteiger partial charge in [0.05, 0.1) is 16.0 Å². The smallest absolute Gasteiger partial charge is 0.298 e. The quantitative estimate of drug-likeness (QED) is 0.657. The van der Waals surface area contributed by atoms with Crippen LogP contribution in [0.1, 0.15) is 21.5 Å². The number of aromatic nitrogens is 1. The molecule has 0 aliphatic heterocycles. The molecule has 3 rings (SSSR count). The molecule has 25 heavy (non-hydrogen) atoms. The Balaban J connectivity index is 2.27. The van der Waals surface area contributed by atoms with E-state index in [4.69, 9.17) is 0 Å². The molecule has 3 aromatic rings. The van der Waals surface area contributed by atoms with Crippen LogP contribution < -0.4 is 0 Å². The van der Waals surface area contributed by atoms with Crippen molar-refractivity contribution in [3.8, 4) is 0 Å². The summed E-state index contributed by atoms with van der Waals surface area (Å²) in [6, 6.07) is 8.65. The molecule has 0 N–H and O–H groups in total. The van der Waals surface area contributed by atoms with E-state index in [-0.39, 0.29) is 21.4 Å². The van der Waals surface area contributed by atoms with E-state index in [2.05, 4.69) is 0 Å². The predicted octanol–water partition coefficient (Wildman–Crippen LogP) is 4.02.